The molecule has 3 heteroatoms. The highest BCUT2D eigenvalue weighted by molar-refractivity contribution is 5.74. The molecule has 0 spiro atoms. The Labute approximate surface area is 92.8 Å². The number of amides is 1. The third-order valence-corrected chi connectivity index (χ3v) is 2.10. The first-order chi connectivity index (χ1) is 7.31. The van der Waals surface area contributed by atoms with Gasteiger partial charge in [0.15, 0.2) is 0 Å². The van der Waals surface area contributed by atoms with Crippen molar-refractivity contribution >= 4 is 5.91 Å². The Kier molecular flexibility index (Phi) is 10.6. The van der Waals surface area contributed by atoms with E-state index in [0.717, 1.165) is 25.7 Å². The molecule has 0 saturated heterocycles. The quantitative estimate of drug-likeness (QED) is 0.446. The van der Waals surface area contributed by atoms with Gasteiger partial charge in [0.05, 0.1) is 6.61 Å². The maximum atomic E-state index is 11.1. The van der Waals surface area contributed by atoms with Gasteiger partial charge >= 0.3 is 0 Å². The number of hydrogen-bond acceptors (Lipinski definition) is 2. The molecule has 0 bridgehead atoms. The van der Waals surface area contributed by atoms with Crippen LogP contribution in [0.1, 0.15) is 51.9 Å². The topological polar surface area (TPSA) is 38.3 Å². The van der Waals surface area contributed by atoms with Gasteiger partial charge in [0.1, 0.15) is 0 Å². The number of hydroxylamine groups is 1. The summed E-state index contributed by atoms with van der Waals surface area (Å²) in [6.07, 6.45) is 8.82. The summed E-state index contributed by atoms with van der Waals surface area (Å²) in [7, 11) is 0. The highest BCUT2D eigenvalue weighted by Crippen LogP contribution is 2.07. The predicted molar refractivity (Wildman–Crippen MR) is 61.0 cm³/mol. The van der Waals surface area contributed by atoms with Crippen LogP contribution in [0.15, 0.2) is 6.08 Å². The van der Waals surface area contributed by atoms with Crippen molar-refractivity contribution in [2.45, 2.75) is 51.9 Å². The van der Waals surface area contributed by atoms with Crippen molar-refractivity contribution < 1.29 is 9.63 Å². The molecule has 0 atom stereocenters. The molecule has 0 saturated carbocycles. The number of carbonyl (C=O) groups is 1. The molecular weight excluding hydrogens is 190 g/mol. The molecule has 0 aromatic carbocycles. The lowest BCUT2D eigenvalue weighted by molar-refractivity contribution is -0.133. The van der Waals surface area contributed by atoms with E-state index in [0.29, 0.717) is 13.0 Å². The number of nitrogens with one attached hydrogen (secondary N) is 1. The fraction of sp³-hybridized carbons (Fsp3) is 0.750. The summed E-state index contributed by atoms with van der Waals surface area (Å²) in [5.41, 5.74) is 2.38. The lowest BCUT2D eigenvalue weighted by Crippen LogP contribution is -2.23. The van der Waals surface area contributed by atoms with Crippen LogP contribution in [0.4, 0.5) is 0 Å². The lowest BCUT2D eigenvalue weighted by atomic mass is 10.1. The average molecular weight is 212 g/mol. The Hall–Kier alpha value is -0.830. The summed E-state index contributed by atoms with van der Waals surface area (Å²) < 4.78 is 0. The normalized spacial score (nSPS) is 9.93. The van der Waals surface area contributed by atoms with Crippen LogP contribution in [0.3, 0.4) is 0 Å². The van der Waals surface area contributed by atoms with E-state index in [9.17, 15) is 4.79 Å². The molecule has 0 aliphatic rings. The largest absolute Gasteiger partial charge is 0.274 e. The van der Waals surface area contributed by atoms with Crippen LogP contribution < -0.4 is 5.48 Å². The molecule has 0 aromatic rings. The molecule has 15 heavy (non-hydrogen) atoms. The van der Waals surface area contributed by atoms with Crippen molar-refractivity contribution in [3.05, 3.63) is 12.7 Å². The van der Waals surface area contributed by atoms with Gasteiger partial charge in [0.25, 0.3) is 0 Å². The molecular formula is C12H22NO2. The highest BCUT2D eigenvalue weighted by atomic mass is 16.6. The number of rotatable bonds is 10. The van der Waals surface area contributed by atoms with Crippen LogP contribution >= 0.6 is 0 Å². The first-order valence-corrected chi connectivity index (χ1v) is 5.75. The molecule has 0 fully saturated rings. The SMILES string of the molecule is [CH]=CCCCCCCCC(=O)NOCC. The maximum Gasteiger partial charge on any atom is 0.243 e. The van der Waals surface area contributed by atoms with E-state index >= 15 is 0 Å². The first kappa shape index (κ1) is 14.2. The van der Waals surface area contributed by atoms with Gasteiger partial charge in [-0.2, -0.15) is 0 Å². The van der Waals surface area contributed by atoms with E-state index < -0.39 is 0 Å². The van der Waals surface area contributed by atoms with Gasteiger partial charge in [-0.3, -0.25) is 9.63 Å². The van der Waals surface area contributed by atoms with Gasteiger partial charge in [0.2, 0.25) is 5.91 Å². The summed E-state index contributed by atoms with van der Waals surface area (Å²) in [6, 6.07) is 0. The van der Waals surface area contributed by atoms with Crippen LogP contribution in [0.2, 0.25) is 0 Å². The molecule has 0 aliphatic heterocycles. The Morgan fingerprint density at radius 3 is 2.60 bits per heavy atom. The smallest absolute Gasteiger partial charge is 0.243 e. The van der Waals surface area contributed by atoms with Crippen molar-refractivity contribution in [3.63, 3.8) is 0 Å². The molecule has 0 heterocycles. The fourth-order valence-electron chi connectivity index (χ4n) is 1.28. The molecule has 1 radical (unpaired) electrons. The number of unbranched alkanes of at least 4 members (excludes halogenated alkanes) is 5. The van der Waals surface area contributed by atoms with Crippen LogP contribution in [-0.2, 0) is 9.63 Å². The summed E-state index contributed by atoms with van der Waals surface area (Å²) >= 11 is 0. The minimum Gasteiger partial charge on any atom is -0.274 e. The van der Waals surface area contributed by atoms with Gasteiger partial charge in [-0.1, -0.05) is 31.9 Å². The van der Waals surface area contributed by atoms with Crippen LogP contribution in [0.5, 0.6) is 0 Å². The zero-order valence-corrected chi connectivity index (χ0v) is 9.63. The van der Waals surface area contributed by atoms with Crippen LogP contribution in [-0.4, -0.2) is 12.5 Å². The Morgan fingerprint density at radius 2 is 1.93 bits per heavy atom. The third-order valence-electron chi connectivity index (χ3n) is 2.10. The molecule has 87 valence electrons. The molecule has 3 nitrogen and oxygen atoms in total. The second-order valence-corrected chi connectivity index (χ2v) is 3.50. The molecule has 0 unspecified atom stereocenters. The minimum absolute atomic E-state index is 0.0212. The fourth-order valence-corrected chi connectivity index (χ4v) is 1.28. The molecule has 0 aromatic heterocycles. The van der Waals surface area contributed by atoms with E-state index in [-0.39, 0.29) is 5.91 Å². The number of allylic oxidation sites excluding steroid dienone is 1. The number of carbonyl (C=O) groups excluding carboxylic acids is 1. The minimum atomic E-state index is -0.0212. The van der Waals surface area contributed by atoms with E-state index in [1.54, 1.807) is 6.08 Å². The van der Waals surface area contributed by atoms with Crippen molar-refractivity contribution in [1.82, 2.24) is 5.48 Å². The van der Waals surface area contributed by atoms with Crippen molar-refractivity contribution in [2.75, 3.05) is 6.61 Å². The van der Waals surface area contributed by atoms with Gasteiger partial charge < -0.3 is 0 Å². The number of hydrogen-bond donors (Lipinski definition) is 1. The van der Waals surface area contributed by atoms with E-state index in [4.69, 9.17) is 11.4 Å². The van der Waals surface area contributed by atoms with Crippen LogP contribution in [0.25, 0.3) is 0 Å². The summed E-state index contributed by atoms with van der Waals surface area (Å²) in [6.45, 7) is 7.62. The van der Waals surface area contributed by atoms with Crippen molar-refractivity contribution in [2.24, 2.45) is 0 Å². The summed E-state index contributed by atoms with van der Waals surface area (Å²) in [5.74, 6) is -0.0212. The van der Waals surface area contributed by atoms with Gasteiger partial charge in [-0.25, -0.2) is 5.48 Å². The summed E-state index contributed by atoms with van der Waals surface area (Å²) in [4.78, 5) is 15.9. The van der Waals surface area contributed by atoms with E-state index in [1.165, 1.54) is 12.8 Å². The molecule has 1 N–H and O–H groups in total. The highest BCUT2D eigenvalue weighted by Gasteiger charge is 1.99. The Morgan fingerprint density at radius 1 is 1.27 bits per heavy atom. The Bertz CT molecular complexity index is 169. The molecule has 0 aliphatic carbocycles. The van der Waals surface area contributed by atoms with Crippen LogP contribution in [0, 0.1) is 6.58 Å². The average Bonchev–Trinajstić information content (AvgIpc) is 2.25. The Balaban J connectivity index is 3.09. The third kappa shape index (κ3) is 11.1. The molecule has 1 amide bonds. The zero-order valence-electron chi connectivity index (χ0n) is 9.63. The van der Waals surface area contributed by atoms with E-state index in [2.05, 4.69) is 5.48 Å². The standard InChI is InChI=1S/C12H22NO2/c1-3-5-6-7-8-9-10-11-12(14)13-15-4-2/h1,3H,4-11H2,2H3,(H,13,14). The van der Waals surface area contributed by atoms with Gasteiger partial charge in [0, 0.05) is 6.42 Å². The van der Waals surface area contributed by atoms with E-state index in [1.807, 2.05) is 6.92 Å². The second-order valence-electron chi connectivity index (χ2n) is 3.50. The second kappa shape index (κ2) is 11.2. The molecule has 0 rings (SSSR count). The zero-order chi connectivity index (χ0) is 11.4. The first-order valence-electron chi connectivity index (χ1n) is 5.75. The monoisotopic (exact) mass is 212 g/mol. The predicted octanol–water partition coefficient (Wildman–Crippen LogP) is 2.77. The van der Waals surface area contributed by atoms with Crippen molar-refractivity contribution in [3.8, 4) is 0 Å². The maximum absolute atomic E-state index is 11.1. The summed E-state index contributed by atoms with van der Waals surface area (Å²) in [5, 5.41) is 0. The van der Waals surface area contributed by atoms with Gasteiger partial charge in [-0.05, 0) is 26.2 Å². The lowest BCUT2D eigenvalue weighted by Gasteiger charge is -2.03. The van der Waals surface area contributed by atoms with Gasteiger partial charge in [-0.15, -0.1) is 0 Å². The van der Waals surface area contributed by atoms with Crippen molar-refractivity contribution in [1.29, 1.82) is 0 Å².